The van der Waals surface area contributed by atoms with Gasteiger partial charge in [-0.25, -0.2) is 0 Å². The second-order valence-corrected chi connectivity index (χ2v) is 7.91. The van der Waals surface area contributed by atoms with E-state index >= 15 is 0 Å². The largest absolute Gasteiger partial charge is 0.508 e. The van der Waals surface area contributed by atoms with Crippen molar-refractivity contribution in [3.05, 3.63) is 64.7 Å². The van der Waals surface area contributed by atoms with E-state index in [9.17, 15) is 10.2 Å². The first-order valence-electron chi connectivity index (χ1n) is 10.3. The lowest BCUT2D eigenvalue weighted by Gasteiger charge is -2.35. The molecule has 2 unspecified atom stereocenters. The van der Waals surface area contributed by atoms with Crippen molar-refractivity contribution in [3.63, 3.8) is 0 Å². The molecule has 0 bridgehead atoms. The van der Waals surface area contributed by atoms with Crippen molar-refractivity contribution in [1.82, 2.24) is 0 Å². The highest BCUT2D eigenvalue weighted by Crippen LogP contribution is 2.51. The first-order valence-corrected chi connectivity index (χ1v) is 10.3. The van der Waals surface area contributed by atoms with Crippen molar-refractivity contribution in [3.8, 4) is 40.2 Å². The van der Waals surface area contributed by atoms with Gasteiger partial charge >= 0.3 is 0 Å². The van der Waals surface area contributed by atoms with E-state index in [1.54, 1.807) is 6.07 Å². The van der Waals surface area contributed by atoms with Crippen molar-refractivity contribution in [2.75, 3.05) is 27.6 Å². The van der Waals surface area contributed by atoms with Gasteiger partial charge in [0.2, 0.25) is 12.5 Å². The van der Waals surface area contributed by atoms with Gasteiger partial charge < -0.3 is 33.9 Å². The fraction of sp³-hybridized carbons (Fsp3) is 0.280. The SMILES string of the molecule is COc1cc(C2COc3c(ccc(O)c3C)C2c2ccc3c(c2)OCO3)cc(OC)c1O. The number of rotatable bonds is 4. The number of phenols is 2. The van der Waals surface area contributed by atoms with Gasteiger partial charge in [-0.3, -0.25) is 0 Å². The molecule has 32 heavy (non-hydrogen) atoms. The number of hydrogen-bond donors (Lipinski definition) is 2. The summed E-state index contributed by atoms with van der Waals surface area (Å²) in [6, 6.07) is 13.1. The molecule has 0 amide bonds. The third kappa shape index (κ3) is 3.12. The minimum atomic E-state index is -0.116. The number of hydrogen-bond acceptors (Lipinski definition) is 7. The van der Waals surface area contributed by atoms with Gasteiger partial charge in [-0.2, -0.15) is 0 Å². The van der Waals surface area contributed by atoms with Crippen LogP contribution in [0.2, 0.25) is 0 Å². The van der Waals surface area contributed by atoms with E-state index in [-0.39, 0.29) is 30.1 Å². The lowest BCUT2D eigenvalue weighted by atomic mass is 9.75. The van der Waals surface area contributed by atoms with E-state index in [1.165, 1.54) is 14.2 Å². The number of fused-ring (bicyclic) bond motifs is 2. The molecule has 0 saturated heterocycles. The van der Waals surface area contributed by atoms with E-state index in [4.69, 9.17) is 23.7 Å². The second-order valence-electron chi connectivity index (χ2n) is 7.91. The summed E-state index contributed by atoms with van der Waals surface area (Å²) in [5.74, 6) is 2.69. The van der Waals surface area contributed by atoms with Crippen LogP contribution in [-0.2, 0) is 0 Å². The molecule has 3 aromatic rings. The Morgan fingerprint density at radius 1 is 0.844 bits per heavy atom. The van der Waals surface area contributed by atoms with Crippen LogP contribution < -0.4 is 23.7 Å². The minimum absolute atomic E-state index is 0.0451. The first-order chi connectivity index (χ1) is 15.5. The van der Waals surface area contributed by atoms with Gasteiger partial charge in [-0.05, 0) is 48.4 Å². The second kappa shape index (κ2) is 7.75. The topological polar surface area (TPSA) is 86.6 Å². The molecule has 0 aromatic heterocycles. The van der Waals surface area contributed by atoms with Crippen LogP contribution >= 0.6 is 0 Å². The zero-order chi connectivity index (χ0) is 22.4. The minimum Gasteiger partial charge on any atom is -0.508 e. The molecule has 166 valence electrons. The molecule has 2 atom stereocenters. The van der Waals surface area contributed by atoms with Crippen LogP contribution in [0.5, 0.6) is 40.2 Å². The lowest BCUT2D eigenvalue weighted by molar-refractivity contribution is 0.174. The molecule has 7 nitrogen and oxygen atoms in total. The zero-order valence-electron chi connectivity index (χ0n) is 18.0. The Morgan fingerprint density at radius 3 is 2.28 bits per heavy atom. The summed E-state index contributed by atoms with van der Waals surface area (Å²) in [5, 5.41) is 20.6. The van der Waals surface area contributed by atoms with Gasteiger partial charge in [0.25, 0.3) is 0 Å². The van der Waals surface area contributed by atoms with Crippen LogP contribution in [0.25, 0.3) is 0 Å². The zero-order valence-corrected chi connectivity index (χ0v) is 18.0. The van der Waals surface area contributed by atoms with Gasteiger partial charge in [-0.15, -0.1) is 0 Å². The predicted molar refractivity (Wildman–Crippen MR) is 117 cm³/mol. The maximum absolute atomic E-state index is 10.4. The smallest absolute Gasteiger partial charge is 0.231 e. The monoisotopic (exact) mass is 436 g/mol. The molecule has 3 aromatic carbocycles. The molecule has 0 spiro atoms. The highest BCUT2D eigenvalue weighted by molar-refractivity contribution is 5.59. The van der Waals surface area contributed by atoms with E-state index in [0.29, 0.717) is 40.9 Å². The third-order valence-corrected chi connectivity index (χ3v) is 6.24. The molecule has 2 heterocycles. The number of methoxy groups -OCH3 is 2. The highest BCUT2D eigenvalue weighted by Gasteiger charge is 2.36. The lowest BCUT2D eigenvalue weighted by Crippen LogP contribution is -2.26. The molecule has 2 aliphatic heterocycles. The Bertz CT molecular complexity index is 1160. The normalized spacial score (nSPS) is 18.6. The number of phenolic OH excluding ortho intramolecular Hbond substituents is 2. The average molecular weight is 436 g/mol. The Morgan fingerprint density at radius 2 is 1.56 bits per heavy atom. The summed E-state index contributed by atoms with van der Waals surface area (Å²) in [5.41, 5.74) is 3.59. The summed E-state index contributed by atoms with van der Waals surface area (Å²) in [4.78, 5) is 0. The van der Waals surface area contributed by atoms with Gasteiger partial charge in [0.1, 0.15) is 11.5 Å². The van der Waals surface area contributed by atoms with Crippen molar-refractivity contribution in [2.45, 2.75) is 18.8 Å². The molecule has 2 aliphatic rings. The molecule has 2 N–H and O–H groups in total. The summed E-state index contributed by atoms with van der Waals surface area (Å²) in [6.07, 6.45) is 0. The Balaban J connectivity index is 1.69. The van der Waals surface area contributed by atoms with E-state index in [1.807, 2.05) is 43.3 Å². The molecule has 7 heteroatoms. The Hall–Kier alpha value is -3.74. The van der Waals surface area contributed by atoms with Gasteiger partial charge in [-0.1, -0.05) is 12.1 Å². The molecule has 0 saturated carbocycles. The molecule has 0 radical (unpaired) electrons. The molecule has 0 fully saturated rings. The van der Waals surface area contributed by atoms with Crippen molar-refractivity contribution < 1.29 is 33.9 Å². The molecule has 5 rings (SSSR count). The van der Waals surface area contributed by atoms with E-state index in [0.717, 1.165) is 16.7 Å². The van der Waals surface area contributed by atoms with Crippen LogP contribution in [0, 0.1) is 6.92 Å². The average Bonchev–Trinajstić information content (AvgIpc) is 3.29. The molecule has 0 aliphatic carbocycles. The summed E-state index contributed by atoms with van der Waals surface area (Å²) in [7, 11) is 3.01. The quantitative estimate of drug-likeness (QED) is 0.624. The Labute approximate surface area is 185 Å². The predicted octanol–water partition coefficient (Wildman–Crippen LogP) is 4.46. The van der Waals surface area contributed by atoms with Crippen LogP contribution in [0.4, 0.5) is 0 Å². The van der Waals surface area contributed by atoms with Gasteiger partial charge in [0, 0.05) is 23.0 Å². The van der Waals surface area contributed by atoms with Gasteiger partial charge in [0.05, 0.1) is 20.8 Å². The van der Waals surface area contributed by atoms with Crippen LogP contribution in [-0.4, -0.2) is 37.8 Å². The third-order valence-electron chi connectivity index (χ3n) is 6.24. The first kappa shape index (κ1) is 20.2. The summed E-state index contributed by atoms with van der Waals surface area (Å²) < 4.78 is 28.0. The maximum atomic E-state index is 10.4. The maximum Gasteiger partial charge on any atom is 0.231 e. The number of benzene rings is 3. The summed E-state index contributed by atoms with van der Waals surface area (Å²) >= 11 is 0. The van der Waals surface area contributed by atoms with Crippen LogP contribution in [0.1, 0.15) is 34.1 Å². The van der Waals surface area contributed by atoms with E-state index < -0.39 is 0 Å². The summed E-state index contributed by atoms with van der Waals surface area (Å²) in [6.45, 7) is 2.41. The van der Waals surface area contributed by atoms with Crippen molar-refractivity contribution in [2.24, 2.45) is 0 Å². The Kier molecular flexibility index (Phi) is 4.89. The fourth-order valence-corrected chi connectivity index (χ4v) is 4.56. The standard InChI is InChI=1S/C25H24O7/c1-13-18(26)6-5-16-23(14-4-7-19-20(8-14)32-12-31-19)17(11-30-25(13)16)15-9-21(28-2)24(27)22(10-15)29-3/h4-10,17,23,26-27H,11-12H2,1-3H3. The van der Waals surface area contributed by atoms with Crippen LogP contribution in [0.15, 0.2) is 42.5 Å². The van der Waals surface area contributed by atoms with Crippen LogP contribution in [0.3, 0.4) is 0 Å². The highest BCUT2D eigenvalue weighted by atomic mass is 16.7. The van der Waals surface area contributed by atoms with Crippen molar-refractivity contribution >= 4 is 0 Å². The number of ether oxygens (including phenoxy) is 5. The number of aromatic hydroxyl groups is 2. The van der Waals surface area contributed by atoms with Gasteiger partial charge in [0.15, 0.2) is 23.0 Å². The van der Waals surface area contributed by atoms with E-state index in [2.05, 4.69) is 0 Å². The fourth-order valence-electron chi connectivity index (χ4n) is 4.56. The molecular formula is C25H24O7. The van der Waals surface area contributed by atoms with Crippen molar-refractivity contribution in [1.29, 1.82) is 0 Å². The molecular weight excluding hydrogens is 412 g/mol.